The zero-order valence-electron chi connectivity index (χ0n) is 10.1. The maximum absolute atomic E-state index is 11.7. The average Bonchev–Trinajstić information content (AvgIpc) is 2.37. The van der Waals surface area contributed by atoms with Gasteiger partial charge in [0.25, 0.3) is 0 Å². The second-order valence-corrected chi connectivity index (χ2v) is 4.05. The van der Waals surface area contributed by atoms with Crippen LogP contribution in [0.15, 0.2) is 30.3 Å². The third kappa shape index (κ3) is 4.17. The minimum atomic E-state index is -0.502. The van der Waals surface area contributed by atoms with E-state index in [1.54, 1.807) is 0 Å². The summed E-state index contributed by atoms with van der Waals surface area (Å²) in [5.41, 5.74) is 6.60. The molecule has 0 bridgehead atoms. The first kappa shape index (κ1) is 13.7. The summed E-state index contributed by atoms with van der Waals surface area (Å²) in [6, 6.07) is 8.48. The Bertz CT molecular complexity index is 341. The number of hydrogen-bond donors (Lipinski definition) is 3. The summed E-state index contributed by atoms with van der Waals surface area (Å²) in [7, 11) is 0. The van der Waals surface area contributed by atoms with Crippen LogP contribution in [0.2, 0.25) is 0 Å². The first-order valence-electron chi connectivity index (χ1n) is 5.90. The molecule has 0 aliphatic carbocycles. The average molecular weight is 236 g/mol. The second kappa shape index (κ2) is 7.04. The van der Waals surface area contributed by atoms with Crippen LogP contribution in [-0.4, -0.2) is 23.7 Å². The van der Waals surface area contributed by atoms with Crippen molar-refractivity contribution in [3.63, 3.8) is 0 Å². The molecular weight excluding hydrogens is 216 g/mol. The molecule has 1 aromatic rings. The fourth-order valence-corrected chi connectivity index (χ4v) is 1.64. The summed E-state index contributed by atoms with van der Waals surface area (Å²) in [5, 5.41) is 12.0. The van der Waals surface area contributed by atoms with Crippen LogP contribution in [0.25, 0.3) is 0 Å². The van der Waals surface area contributed by atoms with E-state index in [0.717, 1.165) is 12.0 Å². The number of amides is 1. The summed E-state index contributed by atoms with van der Waals surface area (Å²) < 4.78 is 0. The van der Waals surface area contributed by atoms with Gasteiger partial charge in [0.2, 0.25) is 5.91 Å². The number of aliphatic hydroxyl groups is 1. The number of hydrogen-bond acceptors (Lipinski definition) is 3. The van der Waals surface area contributed by atoms with Crippen LogP contribution in [0.3, 0.4) is 0 Å². The van der Waals surface area contributed by atoms with Crippen molar-refractivity contribution in [1.82, 2.24) is 5.32 Å². The van der Waals surface area contributed by atoms with Crippen molar-refractivity contribution in [1.29, 1.82) is 0 Å². The minimum Gasteiger partial charge on any atom is -0.394 e. The third-order valence-corrected chi connectivity index (χ3v) is 2.64. The lowest BCUT2D eigenvalue weighted by molar-refractivity contribution is -0.123. The fourth-order valence-electron chi connectivity index (χ4n) is 1.64. The molecule has 0 aliphatic heterocycles. The monoisotopic (exact) mass is 236 g/mol. The van der Waals surface area contributed by atoms with Crippen molar-refractivity contribution in [2.75, 3.05) is 6.61 Å². The van der Waals surface area contributed by atoms with E-state index in [1.807, 2.05) is 37.3 Å². The molecule has 0 saturated heterocycles. The fraction of sp³-hybridized carbons (Fsp3) is 0.462. The summed E-state index contributed by atoms with van der Waals surface area (Å²) >= 11 is 0. The summed E-state index contributed by atoms with van der Waals surface area (Å²) in [4.78, 5) is 11.7. The van der Waals surface area contributed by atoms with Crippen molar-refractivity contribution >= 4 is 5.91 Å². The number of rotatable bonds is 6. The standard InChI is InChI=1S/C13H20N2O2/c1-2-6-11(14)13(17)15-12(9-16)10-7-4-3-5-8-10/h3-5,7-8,11-12,16H,2,6,9,14H2,1H3,(H,15,17)/t11-,12-/m1/s1. The SMILES string of the molecule is CCC[C@@H](N)C(=O)N[C@H](CO)c1ccccc1. The molecule has 1 amide bonds. The molecule has 0 aliphatic rings. The minimum absolute atomic E-state index is 0.130. The number of benzene rings is 1. The van der Waals surface area contributed by atoms with Gasteiger partial charge in [0.05, 0.1) is 18.7 Å². The van der Waals surface area contributed by atoms with Crippen molar-refractivity contribution in [3.05, 3.63) is 35.9 Å². The largest absolute Gasteiger partial charge is 0.394 e. The zero-order valence-corrected chi connectivity index (χ0v) is 10.1. The summed E-state index contributed by atoms with van der Waals surface area (Å²) in [5.74, 6) is -0.213. The molecule has 1 rings (SSSR count). The first-order chi connectivity index (χ1) is 8.19. The van der Waals surface area contributed by atoms with E-state index in [2.05, 4.69) is 5.32 Å². The summed E-state index contributed by atoms with van der Waals surface area (Å²) in [6.45, 7) is 1.85. The molecule has 4 nitrogen and oxygen atoms in total. The van der Waals surface area contributed by atoms with Crippen molar-refractivity contribution in [2.45, 2.75) is 31.8 Å². The molecular formula is C13H20N2O2. The number of nitrogens with two attached hydrogens (primary N) is 1. The summed E-state index contributed by atoms with van der Waals surface area (Å²) in [6.07, 6.45) is 1.52. The smallest absolute Gasteiger partial charge is 0.237 e. The van der Waals surface area contributed by atoms with E-state index < -0.39 is 6.04 Å². The van der Waals surface area contributed by atoms with Crippen LogP contribution in [0, 0.1) is 0 Å². The highest BCUT2D eigenvalue weighted by Crippen LogP contribution is 2.11. The van der Waals surface area contributed by atoms with Gasteiger partial charge in [0, 0.05) is 0 Å². The Balaban J connectivity index is 2.62. The molecule has 17 heavy (non-hydrogen) atoms. The highest BCUT2D eigenvalue weighted by molar-refractivity contribution is 5.81. The highest BCUT2D eigenvalue weighted by atomic mass is 16.3. The highest BCUT2D eigenvalue weighted by Gasteiger charge is 2.17. The molecule has 94 valence electrons. The molecule has 1 aromatic carbocycles. The van der Waals surface area contributed by atoms with Crippen molar-refractivity contribution in [2.24, 2.45) is 5.73 Å². The quantitative estimate of drug-likeness (QED) is 0.688. The van der Waals surface area contributed by atoms with Gasteiger partial charge in [-0.15, -0.1) is 0 Å². The molecule has 0 radical (unpaired) electrons. The van der Waals surface area contributed by atoms with E-state index in [1.165, 1.54) is 0 Å². The van der Waals surface area contributed by atoms with Crippen molar-refractivity contribution < 1.29 is 9.90 Å². The van der Waals surface area contributed by atoms with Gasteiger partial charge in [-0.3, -0.25) is 4.79 Å². The predicted octanol–water partition coefficient (Wildman–Crippen LogP) is 0.964. The van der Waals surface area contributed by atoms with E-state index in [-0.39, 0.29) is 18.6 Å². The molecule has 0 unspecified atom stereocenters. The number of carbonyl (C=O) groups is 1. The van der Waals surface area contributed by atoms with Gasteiger partial charge >= 0.3 is 0 Å². The second-order valence-electron chi connectivity index (χ2n) is 4.05. The van der Waals surface area contributed by atoms with Gasteiger partial charge in [-0.25, -0.2) is 0 Å². The third-order valence-electron chi connectivity index (χ3n) is 2.64. The Morgan fingerprint density at radius 2 is 2.06 bits per heavy atom. The van der Waals surface area contributed by atoms with Gasteiger partial charge in [-0.2, -0.15) is 0 Å². The van der Waals surface area contributed by atoms with Crippen LogP contribution >= 0.6 is 0 Å². The molecule has 0 fully saturated rings. The number of nitrogens with one attached hydrogen (secondary N) is 1. The molecule has 2 atom stereocenters. The molecule has 0 aromatic heterocycles. The Morgan fingerprint density at radius 1 is 1.41 bits per heavy atom. The Hall–Kier alpha value is -1.39. The zero-order chi connectivity index (χ0) is 12.7. The lowest BCUT2D eigenvalue weighted by Crippen LogP contribution is -2.43. The maximum atomic E-state index is 11.7. The van der Waals surface area contributed by atoms with Crippen LogP contribution in [-0.2, 0) is 4.79 Å². The molecule has 4 N–H and O–H groups in total. The van der Waals surface area contributed by atoms with E-state index >= 15 is 0 Å². The maximum Gasteiger partial charge on any atom is 0.237 e. The lowest BCUT2D eigenvalue weighted by atomic mass is 10.1. The number of aliphatic hydroxyl groups excluding tert-OH is 1. The first-order valence-corrected chi connectivity index (χ1v) is 5.90. The molecule has 0 heterocycles. The topological polar surface area (TPSA) is 75.4 Å². The molecule has 0 spiro atoms. The van der Waals surface area contributed by atoms with Crippen LogP contribution in [0.5, 0.6) is 0 Å². The van der Waals surface area contributed by atoms with E-state index in [4.69, 9.17) is 5.73 Å². The van der Waals surface area contributed by atoms with Gasteiger partial charge in [-0.05, 0) is 12.0 Å². The van der Waals surface area contributed by atoms with Gasteiger partial charge in [0.1, 0.15) is 0 Å². The van der Waals surface area contributed by atoms with Crippen LogP contribution in [0.4, 0.5) is 0 Å². The predicted molar refractivity (Wildman–Crippen MR) is 67.3 cm³/mol. The lowest BCUT2D eigenvalue weighted by Gasteiger charge is -2.19. The van der Waals surface area contributed by atoms with Crippen LogP contribution in [0.1, 0.15) is 31.4 Å². The van der Waals surface area contributed by atoms with E-state index in [9.17, 15) is 9.90 Å². The van der Waals surface area contributed by atoms with E-state index in [0.29, 0.717) is 6.42 Å². The Labute approximate surface area is 102 Å². The molecule has 4 heteroatoms. The number of carbonyl (C=O) groups excluding carboxylic acids is 1. The van der Waals surface area contributed by atoms with Gasteiger partial charge in [0.15, 0.2) is 0 Å². The van der Waals surface area contributed by atoms with Gasteiger partial charge in [-0.1, -0.05) is 43.7 Å². The normalized spacial score (nSPS) is 14.1. The molecule has 0 saturated carbocycles. The van der Waals surface area contributed by atoms with Gasteiger partial charge < -0.3 is 16.2 Å². The van der Waals surface area contributed by atoms with Crippen molar-refractivity contribution in [3.8, 4) is 0 Å². The Morgan fingerprint density at radius 3 is 2.59 bits per heavy atom. The van der Waals surface area contributed by atoms with Crippen LogP contribution < -0.4 is 11.1 Å². The Kier molecular flexibility index (Phi) is 5.66.